The number of carbonyl (C=O) groups is 1. The zero-order valence-electron chi connectivity index (χ0n) is 15.0. The highest BCUT2D eigenvalue weighted by molar-refractivity contribution is 5.90. The molecular weight excluding hydrogens is 312 g/mol. The molecular formula is C21H24N2O2. The van der Waals surface area contributed by atoms with Crippen LogP contribution in [0.3, 0.4) is 0 Å². The minimum atomic E-state index is -0.454. The quantitative estimate of drug-likeness (QED) is 0.706. The molecule has 0 aliphatic rings. The van der Waals surface area contributed by atoms with Crippen LogP contribution < -0.4 is 5.32 Å². The maximum Gasteiger partial charge on any atom is 0.229 e. The van der Waals surface area contributed by atoms with Gasteiger partial charge in [-0.25, -0.2) is 0 Å². The number of carbonyl (C=O) groups excluding carboxylic acids is 1. The summed E-state index contributed by atoms with van der Waals surface area (Å²) in [6.45, 7) is 6.11. The van der Waals surface area contributed by atoms with Crippen molar-refractivity contribution >= 4 is 16.9 Å². The Morgan fingerprint density at radius 3 is 2.52 bits per heavy atom. The van der Waals surface area contributed by atoms with Crippen molar-refractivity contribution in [3.8, 4) is 0 Å². The molecule has 3 rings (SSSR count). The van der Waals surface area contributed by atoms with Gasteiger partial charge in [-0.1, -0.05) is 61.0 Å². The second-order valence-electron chi connectivity index (χ2n) is 6.89. The van der Waals surface area contributed by atoms with Crippen molar-refractivity contribution in [3.05, 3.63) is 65.9 Å². The van der Waals surface area contributed by atoms with Crippen molar-refractivity contribution in [2.45, 2.75) is 45.1 Å². The van der Waals surface area contributed by atoms with Crippen LogP contribution in [0.15, 0.2) is 59.1 Å². The van der Waals surface area contributed by atoms with Crippen LogP contribution >= 0.6 is 0 Å². The third kappa shape index (κ3) is 3.58. The third-order valence-electron chi connectivity index (χ3n) is 4.56. The zero-order chi connectivity index (χ0) is 17.9. The summed E-state index contributed by atoms with van der Waals surface area (Å²) in [5.41, 5.74) is 2.06. The first-order valence-corrected chi connectivity index (χ1v) is 8.75. The molecule has 1 amide bonds. The molecule has 1 N–H and O–H groups in total. The molecule has 25 heavy (non-hydrogen) atoms. The van der Waals surface area contributed by atoms with Crippen LogP contribution in [0, 0.1) is 0 Å². The molecule has 0 aliphatic carbocycles. The number of para-hydroxylation sites is 1. The molecule has 1 aromatic heterocycles. The van der Waals surface area contributed by atoms with E-state index < -0.39 is 5.54 Å². The lowest BCUT2D eigenvalue weighted by Crippen LogP contribution is -2.43. The molecule has 0 aliphatic heterocycles. The second-order valence-corrected chi connectivity index (χ2v) is 6.89. The van der Waals surface area contributed by atoms with E-state index in [9.17, 15) is 4.79 Å². The van der Waals surface area contributed by atoms with Crippen molar-refractivity contribution in [1.29, 1.82) is 0 Å². The average Bonchev–Trinajstić information content (AvgIpc) is 3.04. The molecule has 4 heteroatoms. The number of hydrogen-bond acceptors (Lipinski definition) is 3. The highest BCUT2D eigenvalue weighted by Gasteiger charge is 2.30. The summed E-state index contributed by atoms with van der Waals surface area (Å²) in [7, 11) is 0. The Labute approximate surface area is 148 Å². The van der Waals surface area contributed by atoms with Gasteiger partial charge in [-0.2, -0.15) is 0 Å². The fourth-order valence-corrected chi connectivity index (χ4v) is 3.16. The normalized spacial score (nSPS) is 12.9. The Bertz CT molecular complexity index is 852. The topological polar surface area (TPSA) is 55.1 Å². The van der Waals surface area contributed by atoms with E-state index in [4.69, 9.17) is 4.52 Å². The first-order valence-electron chi connectivity index (χ1n) is 8.75. The van der Waals surface area contributed by atoms with Gasteiger partial charge in [0.2, 0.25) is 5.91 Å². The third-order valence-corrected chi connectivity index (χ3v) is 4.56. The van der Waals surface area contributed by atoms with Crippen LogP contribution in [0.4, 0.5) is 0 Å². The number of hydrogen-bond donors (Lipinski definition) is 1. The van der Waals surface area contributed by atoms with Gasteiger partial charge in [0, 0.05) is 5.39 Å². The molecule has 4 nitrogen and oxygen atoms in total. The molecule has 130 valence electrons. The van der Waals surface area contributed by atoms with Crippen molar-refractivity contribution in [2.75, 3.05) is 0 Å². The molecule has 1 atom stereocenters. The highest BCUT2D eigenvalue weighted by atomic mass is 16.5. The van der Waals surface area contributed by atoms with Crippen molar-refractivity contribution < 1.29 is 9.32 Å². The van der Waals surface area contributed by atoms with E-state index in [1.54, 1.807) is 0 Å². The van der Waals surface area contributed by atoms with E-state index in [2.05, 4.69) is 17.4 Å². The minimum absolute atomic E-state index is 0.0187. The van der Waals surface area contributed by atoms with E-state index in [1.807, 2.05) is 68.4 Å². The SMILES string of the molecule is CCCC(C(=O)NC(C)(C)c1ccccc1)c1noc2ccccc12. The number of aromatic nitrogens is 1. The van der Waals surface area contributed by atoms with E-state index in [-0.39, 0.29) is 11.8 Å². The number of nitrogens with zero attached hydrogens (tertiary/aromatic N) is 1. The summed E-state index contributed by atoms with van der Waals surface area (Å²) in [5.74, 6) is -0.341. The maximum absolute atomic E-state index is 13.1. The van der Waals surface area contributed by atoms with Gasteiger partial charge in [-0.3, -0.25) is 4.79 Å². The smallest absolute Gasteiger partial charge is 0.229 e. The number of benzene rings is 2. The van der Waals surface area contributed by atoms with Gasteiger partial charge in [0.05, 0.1) is 11.5 Å². The molecule has 0 saturated heterocycles. The molecule has 0 saturated carbocycles. The summed E-state index contributed by atoms with van der Waals surface area (Å²) < 4.78 is 5.41. The number of amides is 1. The maximum atomic E-state index is 13.1. The fraction of sp³-hybridized carbons (Fsp3) is 0.333. The molecule has 1 unspecified atom stereocenters. The lowest BCUT2D eigenvalue weighted by molar-refractivity contribution is -0.124. The molecule has 3 aromatic rings. The number of nitrogens with one attached hydrogen (secondary N) is 1. The number of fused-ring (bicyclic) bond motifs is 1. The van der Waals surface area contributed by atoms with Gasteiger partial charge in [-0.15, -0.1) is 0 Å². The average molecular weight is 336 g/mol. The standard InChI is InChI=1S/C21H24N2O2/c1-4-10-17(19-16-13-8-9-14-18(16)25-23-19)20(24)22-21(2,3)15-11-6-5-7-12-15/h5-9,11-14,17H,4,10H2,1-3H3,(H,22,24). The first-order chi connectivity index (χ1) is 12.0. The monoisotopic (exact) mass is 336 g/mol. The molecule has 2 aromatic carbocycles. The highest BCUT2D eigenvalue weighted by Crippen LogP contribution is 2.30. The second kappa shape index (κ2) is 7.09. The van der Waals surface area contributed by atoms with Gasteiger partial charge in [0.1, 0.15) is 5.69 Å². The molecule has 0 bridgehead atoms. The van der Waals surface area contributed by atoms with Crippen molar-refractivity contribution in [3.63, 3.8) is 0 Å². The predicted octanol–water partition coefficient (Wildman–Crippen LogP) is 4.76. The van der Waals surface area contributed by atoms with Crippen LogP contribution in [0.5, 0.6) is 0 Å². The van der Waals surface area contributed by atoms with E-state index >= 15 is 0 Å². The van der Waals surface area contributed by atoms with Crippen molar-refractivity contribution in [2.24, 2.45) is 0 Å². The Balaban J connectivity index is 1.89. The first kappa shape index (κ1) is 17.2. The van der Waals surface area contributed by atoms with Crippen LogP contribution in [-0.4, -0.2) is 11.1 Å². The van der Waals surface area contributed by atoms with Crippen LogP contribution in [0.25, 0.3) is 11.0 Å². The largest absolute Gasteiger partial charge is 0.356 e. The lowest BCUT2D eigenvalue weighted by atomic mass is 9.91. The van der Waals surface area contributed by atoms with Gasteiger partial charge < -0.3 is 9.84 Å². The Morgan fingerprint density at radius 2 is 1.80 bits per heavy atom. The summed E-state index contributed by atoms with van der Waals surface area (Å²) in [5, 5.41) is 8.30. The van der Waals surface area contributed by atoms with Gasteiger partial charge in [0.25, 0.3) is 0 Å². The van der Waals surface area contributed by atoms with Crippen LogP contribution in [-0.2, 0) is 10.3 Å². The van der Waals surface area contributed by atoms with Gasteiger partial charge in [0.15, 0.2) is 5.58 Å². The van der Waals surface area contributed by atoms with Crippen LogP contribution in [0.1, 0.15) is 50.8 Å². The van der Waals surface area contributed by atoms with Gasteiger partial charge >= 0.3 is 0 Å². The van der Waals surface area contributed by atoms with E-state index in [0.29, 0.717) is 5.58 Å². The Morgan fingerprint density at radius 1 is 1.12 bits per heavy atom. The zero-order valence-corrected chi connectivity index (χ0v) is 15.0. The van der Waals surface area contributed by atoms with Gasteiger partial charge in [-0.05, 0) is 38.0 Å². The summed E-state index contributed by atoms with van der Waals surface area (Å²) in [6.07, 6.45) is 1.62. The Kier molecular flexibility index (Phi) is 4.88. The molecule has 0 fully saturated rings. The van der Waals surface area contributed by atoms with Crippen molar-refractivity contribution in [1.82, 2.24) is 10.5 Å². The van der Waals surface area contributed by atoms with E-state index in [0.717, 1.165) is 29.5 Å². The minimum Gasteiger partial charge on any atom is -0.356 e. The van der Waals surface area contributed by atoms with Crippen LogP contribution in [0.2, 0.25) is 0 Å². The van der Waals surface area contributed by atoms with E-state index in [1.165, 1.54) is 0 Å². The predicted molar refractivity (Wildman–Crippen MR) is 99.3 cm³/mol. The summed E-state index contributed by atoms with van der Waals surface area (Å²) in [6, 6.07) is 17.7. The molecule has 1 heterocycles. The summed E-state index contributed by atoms with van der Waals surface area (Å²) in [4.78, 5) is 13.1. The summed E-state index contributed by atoms with van der Waals surface area (Å²) >= 11 is 0. The fourth-order valence-electron chi connectivity index (χ4n) is 3.16. The lowest BCUT2D eigenvalue weighted by Gasteiger charge is -2.29. The number of rotatable bonds is 6. The molecule has 0 spiro atoms. The molecule has 0 radical (unpaired) electrons. The Hall–Kier alpha value is -2.62.